The minimum atomic E-state index is -0.289. The highest BCUT2D eigenvalue weighted by Crippen LogP contribution is 2.20. The van der Waals surface area contributed by atoms with Crippen molar-refractivity contribution >= 4 is 5.91 Å². The van der Waals surface area contributed by atoms with E-state index in [1.165, 1.54) is 0 Å². The number of methoxy groups -OCH3 is 1. The zero-order chi connectivity index (χ0) is 12.1. The van der Waals surface area contributed by atoms with Gasteiger partial charge in [0.25, 0.3) is 5.91 Å². The fourth-order valence-electron chi connectivity index (χ4n) is 1.42. The van der Waals surface area contributed by atoms with Crippen LogP contribution in [0.15, 0.2) is 4.42 Å². The summed E-state index contributed by atoms with van der Waals surface area (Å²) in [5.74, 6) is 1.06. The molecule has 0 radical (unpaired) electrons. The monoisotopic (exact) mass is 227 g/mol. The van der Waals surface area contributed by atoms with E-state index in [1.807, 2.05) is 13.8 Å². The maximum atomic E-state index is 11.7. The van der Waals surface area contributed by atoms with Crippen LogP contribution in [0.4, 0.5) is 0 Å². The maximum Gasteiger partial charge on any atom is 0.278 e. The van der Waals surface area contributed by atoms with E-state index in [-0.39, 0.29) is 5.91 Å². The number of carbonyl (C=O) groups excluding carboxylic acids is 1. The fraction of sp³-hybridized carbons (Fsp3) is 0.545. The molecule has 1 N–H and O–H groups in total. The number of ether oxygens (including phenoxy) is 1. The number of aryl methyl sites for hydroxylation is 2. The van der Waals surface area contributed by atoms with Crippen molar-refractivity contribution in [3.8, 4) is 0 Å². The van der Waals surface area contributed by atoms with E-state index in [0.29, 0.717) is 24.5 Å². The number of hydroxylamine groups is 1. The quantitative estimate of drug-likeness (QED) is 0.612. The maximum absolute atomic E-state index is 11.7. The van der Waals surface area contributed by atoms with Crippen LogP contribution in [-0.4, -0.2) is 26.2 Å². The molecular weight excluding hydrogens is 210 g/mol. The molecule has 5 heteroatoms. The molecule has 0 aliphatic rings. The predicted molar refractivity (Wildman–Crippen MR) is 58.2 cm³/mol. The molecule has 0 atom stereocenters. The third kappa shape index (κ3) is 2.84. The van der Waals surface area contributed by atoms with Gasteiger partial charge in [-0.25, -0.2) is 5.48 Å². The Balaban J connectivity index is 2.59. The Morgan fingerprint density at radius 1 is 1.25 bits per heavy atom. The number of carbonyl (C=O) groups is 1. The van der Waals surface area contributed by atoms with Crippen molar-refractivity contribution in [2.24, 2.45) is 0 Å². The number of amides is 1. The third-order valence-electron chi connectivity index (χ3n) is 2.34. The molecule has 16 heavy (non-hydrogen) atoms. The van der Waals surface area contributed by atoms with Crippen molar-refractivity contribution < 1.29 is 18.8 Å². The summed E-state index contributed by atoms with van der Waals surface area (Å²) in [5.41, 5.74) is 3.73. The van der Waals surface area contributed by atoms with Gasteiger partial charge in [-0.1, -0.05) is 0 Å². The Hall–Kier alpha value is -1.33. The van der Waals surface area contributed by atoms with E-state index in [2.05, 4.69) is 5.48 Å². The Morgan fingerprint density at radius 3 is 2.44 bits per heavy atom. The molecule has 0 aromatic carbocycles. The lowest BCUT2D eigenvalue weighted by Gasteiger charge is -2.05. The van der Waals surface area contributed by atoms with E-state index in [4.69, 9.17) is 14.0 Å². The summed E-state index contributed by atoms with van der Waals surface area (Å²) in [6.45, 7) is 6.17. The lowest BCUT2D eigenvalue weighted by molar-refractivity contribution is 0.00876. The first kappa shape index (κ1) is 12.7. The van der Waals surface area contributed by atoms with Crippen LogP contribution in [0.25, 0.3) is 0 Å². The minimum absolute atomic E-state index is 0.289. The molecule has 0 unspecified atom stereocenters. The van der Waals surface area contributed by atoms with E-state index in [1.54, 1.807) is 14.0 Å². The average Bonchev–Trinajstić information content (AvgIpc) is 2.48. The molecule has 0 aliphatic heterocycles. The fourth-order valence-corrected chi connectivity index (χ4v) is 1.42. The Morgan fingerprint density at radius 2 is 1.94 bits per heavy atom. The molecule has 0 bridgehead atoms. The number of rotatable bonds is 5. The van der Waals surface area contributed by atoms with Crippen molar-refractivity contribution in [2.75, 3.05) is 20.3 Å². The van der Waals surface area contributed by atoms with Crippen molar-refractivity contribution in [1.82, 2.24) is 5.48 Å². The zero-order valence-corrected chi connectivity index (χ0v) is 10.0. The van der Waals surface area contributed by atoms with Crippen molar-refractivity contribution in [3.63, 3.8) is 0 Å². The largest absolute Gasteiger partial charge is 0.466 e. The van der Waals surface area contributed by atoms with E-state index in [9.17, 15) is 4.79 Å². The molecule has 0 saturated carbocycles. The molecule has 0 saturated heterocycles. The van der Waals surface area contributed by atoms with Crippen LogP contribution in [-0.2, 0) is 9.57 Å². The average molecular weight is 227 g/mol. The molecule has 1 rings (SSSR count). The third-order valence-corrected chi connectivity index (χ3v) is 2.34. The second-order valence-electron chi connectivity index (χ2n) is 3.49. The van der Waals surface area contributed by atoms with Gasteiger partial charge in [0.05, 0.1) is 18.8 Å². The first-order valence-electron chi connectivity index (χ1n) is 5.05. The van der Waals surface area contributed by atoms with Gasteiger partial charge in [-0.15, -0.1) is 0 Å². The molecule has 0 spiro atoms. The topological polar surface area (TPSA) is 60.7 Å². The van der Waals surface area contributed by atoms with E-state index in [0.717, 1.165) is 11.3 Å². The summed E-state index contributed by atoms with van der Waals surface area (Å²) < 4.78 is 10.1. The highest BCUT2D eigenvalue weighted by atomic mass is 16.7. The zero-order valence-electron chi connectivity index (χ0n) is 10.0. The van der Waals surface area contributed by atoms with Crippen LogP contribution in [0.5, 0.6) is 0 Å². The summed E-state index contributed by atoms with van der Waals surface area (Å²) in [6, 6.07) is 0. The highest BCUT2D eigenvalue weighted by Gasteiger charge is 2.18. The standard InChI is InChI=1S/C11H17NO4/c1-7-8(2)16-9(3)10(7)11(13)12-15-6-5-14-4/h5-6H2,1-4H3,(H,12,13). The lowest BCUT2D eigenvalue weighted by Crippen LogP contribution is -2.26. The molecule has 0 aliphatic carbocycles. The molecule has 1 amide bonds. The first-order valence-corrected chi connectivity index (χ1v) is 5.05. The van der Waals surface area contributed by atoms with Crippen molar-refractivity contribution in [3.05, 3.63) is 22.6 Å². The van der Waals surface area contributed by atoms with Crippen molar-refractivity contribution in [1.29, 1.82) is 0 Å². The Kier molecular flexibility index (Phi) is 4.52. The molecular formula is C11H17NO4. The summed E-state index contributed by atoms with van der Waals surface area (Å²) in [4.78, 5) is 16.7. The smallest absolute Gasteiger partial charge is 0.278 e. The lowest BCUT2D eigenvalue weighted by atomic mass is 10.1. The summed E-state index contributed by atoms with van der Waals surface area (Å²) in [7, 11) is 1.57. The Labute approximate surface area is 94.7 Å². The number of furan rings is 1. The van der Waals surface area contributed by atoms with E-state index >= 15 is 0 Å². The van der Waals surface area contributed by atoms with Crippen LogP contribution in [0.2, 0.25) is 0 Å². The van der Waals surface area contributed by atoms with Crippen LogP contribution < -0.4 is 5.48 Å². The molecule has 5 nitrogen and oxygen atoms in total. The molecule has 1 aromatic heterocycles. The van der Waals surface area contributed by atoms with Crippen LogP contribution in [0.3, 0.4) is 0 Å². The first-order chi connectivity index (χ1) is 7.57. The van der Waals surface area contributed by atoms with Gasteiger partial charge in [0, 0.05) is 12.7 Å². The summed E-state index contributed by atoms with van der Waals surface area (Å²) in [5, 5.41) is 0. The summed E-state index contributed by atoms with van der Waals surface area (Å²) >= 11 is 0. The molecule has 90 valence electrons. The van der Waals surface area contributed by atoms with Gasteiger partial charge < -0.3 is 9.15 Å². The minimum Gasteiger partial charge on any atom is -0.466 e. The van der Waals surface area contributed by atoms with Gasteiger partial charge in [-0.05, 0) is 20.8 Å². The highest BCUT2D eigenvalue weighted by molar-refractivity contribution is 5.96. The number of hydrogen-bond acceptors (Lipinski definition) is 4. The van der Waals surface area contributed by atoms with Gasteiger partial charge in [-0.2, -0.15) is 0 Å². The second-order valence-corrected chi connectivity index (χ2v) is 3.49. The van der Waals surface area contributed by atoms with Gasteiger partial charge in [0.2, 0.25) is 0 Å². The molecule has 1 heterocycles. The second kappa shape index (κ2) is 5.67. The van der Waals surface area contributed by atoms with Gasteiger partial charge in [-0.3, -0.25) is 9.63 Å². The molecule has 1 aromatic rings. The van der Waals surface area contributed by atoms with Gasteiger partial charge in [0.1, 0.15) is 11.5 Å². The number of hydrogen-bond donors (Lipinski definition) is 1. The normalized spacial score (nSPS) is 10.5. The van der Waals surface area contributed by atoms with Crippen LogP contribution in [0, 0.1) is 20.8 Å². The van der Waals surface area contributed by atoms with Crippen molar-refractivity contribution in [2.45, 2.75) is 20.8 Å². The summed E-state index contributed by atoms with van der Waals surface area (Å²) in [6.07, 6.45) is 0. The van der Waals surface area contributed by atoms with Crippen LogP contribution >= 0.6 is 0 Å². The van der Waals surface area contributed by atoms with Gasteiger partial charge in [0.15, 0.2) is 0 Å². The predicted octanol–water partition coefficient (Wildman–Crippen LogP) is 1.51. The van der Waals surface area contributed by atoms with Gasteiger partial charge >= 0.3 is 0 Å². The molecule has 0 fully saturated rings. The number of nitrogens with one attached hydrogen (secondary N) is 1. The SMILES string of the molecule is COCCONC(=O)c1c(C)oc(C)c1C. The van der Waals surface area contributed by atoms with Crippen LogP contribution in [0.1, 0.15) is 27.4 Å². The Bertz CT molecular complexity index is 370. The van der Waals surface area contributed by atoms with E-state index < -0.39 is 0 Å².